The van der Waals surface area contributed by atoms with Gasteiger partial charge in [0.1, 0.15) is 0 Å². The lowest BCUT2D eigenvalue weighted by molar-refractivity contribution is 0.281. The molecule has 1 N–H and O–H groups in total. The fourth-order valence-electron chi connectivity index (χ4n) is 1.82. The van der Waals surface area contributed by atoms with Crippen molar-refractivity contribution in [2.45, 2.75) is 18.0 Å². The van der Waals surface area contributed by atoms with Crippen molar-refractivity contribution in [1.29, 1.82) is 0 Å². The van der Waals surface area contributed by atoms with Gasteiger partial charge in [-0.25, -0.2) is 8.42 Å². The molecule has 20 heavy (non-hydrogen) atoms. The summed E-state index contributed by atoms with van der Waals surface area (Å²) in [5.74, 6) is 0. The van der Waals surface area contributed by atoms with E-state index in [9.17, 15) is 8.42 Å². The molecule has 106 valence electrons. The molecule has 0 fully saturated rings. The van der Waals surface area contributed by atoms with Crippen LogP contribution in [-0.4, -0.2) is 29.9 Å². The van der Waals surface area contributed by atoms with Gasteiger partial charge in [-0.2, -0.15) is 4.31 Å². The van der Waals surface area contributed by atoms with E-state index in [1.165, 1.54) is 23.5 Å². The first-order valence-electron chi connectivity index (χ1n) is 6.09. The summed E-state index contributed by atoms with van der Waals surface area (Å²) >= 11 is 0. The second-order valence-electron chi connectivity index (χ2n) is 4.43. The lowest BCUT2D eigenvalue weighted by Gasteiger charge is -2.17. The predicted octanol–water partition coefficient (Wildman–Crippen LogP) is 1.39. The second kappa shape index (κ2) is 6.13. The average Bonchev–Trinajstić information content (AvgIpc) is 2.48. The molecule has 1 aromatic heterocycles. The molecule has 0 bridgehead atoms. The maximum Gasteiger partial charge on any atom is 0.243 e. The van der Waals surface area contributed by atoms with Crippen LogP contribution in [0.15, 0.2) is 53.7 Å². The number of aliphatic hydroxyl groups is 1. The van der Waals surface area contributed by atoms with Gasteiger partial charge in [0.05, 0.1) is 11.5 Å². The molecule has 2 aromatic rings. The first kappa shape index (κ1) is 14.6. The Hall–Kier alpha value is -1.76. The van der Waals surface area contributed by atoms with Crippen molar-refractivity contribution >= 4 is 10.0 Å². The van der Waals surface area contributed by atoms with Crippen LogP contribution in [0.4, 0.5) is 0 Å². The molecule has 0 atom stereocenters. The van der Waals surface area contributed by atoms with E-state index in [4.69, 9.17) is 5.11 Å². The van der Waals surface area contributed by atoms with E-state index in [-0.39, 0.29) is 18.0 Å². The standard InChI is InChI=1S/C14H16N2O3S/c1-16(10-13-5-3-7-15-9-13)20(18,19)14-6-2-4-12(8-14)11-17/h2-9,17H,10-11H2,1H3. The van der Waals surface area contributed by atoms with E-state index in [0.29, 0.717) is 5.56 Å². The molecule has 0 spiro atoms. The van der Waals surface area contributed by atoms with Gasteiger partial charge in [-0.05, 0) is 29.3 Å². The van der Waals surface area contributed by atoms with Gasteiger partial charge >= 0.3 is 0 Å². The molecule has 0 unspecified atom stereocenters. The molecule has 0 saturated carbocycles. The first-order chi connectivity index (χ1) is 9.54. The third kappa shape index (κ3) is 3.22. The number of nitrogens with zero attached hydrogens (tertiary/aromatic N) is 2. The van der Waals surface area contributed by atoms with Gasteiger partial charge in [-0.15, -0.1) is 0 Å². The van der Waals surface area contributed by atoms with Crippen molar-refractivity contribution in [3.05, 3.63) is 59.9 Å². The Kier molecular flexibility index (Phi) is 4.49. The number of hydrogen-bond donors (Lipinski definition) is 1. The van der Waals surface area contributed by atoms with Crippen LogP contribution in [-0.2, 0) is 23.2 Å². The lowest BCUT2D eigenvalue weighted by Crippen LogP contribution is -2.26. The van der Waals surface area contributed by atoms with Crippen molar-refractivity contribution in [2.75, 3.05) is 7.05 Å². The zero-order valence-corrected chi connectivity index (χ0v) is 11.9. The van der Waals surface area contributed by atoms with E-state index < -0.39 is 10.0 Å². The molecule has 5 nitrogen and oxygen atoms in total. The molecule has 6 heteroatoms. The summed E-state index contributed by atoms with van der Waals surface area (Å²) in [5, 5.41) is 9.08. The van der Waals surface area contributed by atoms with Crippen LogP contribution in [0, 0.1) is 0 Å². The van der Waals surface area contributed by atoms with Crippen LogP contribution in [0.2, 0.25) is 0 Å². The monoisotopic (exact) mass is 292 g/mol. The third-order valence-electron chi connectivity index (χ3n) is 2.92. The van der Waals surface area contributed by atoms with Crippen LogP contribution in [0.3, 0.4) is 0 Å². The molecule has 2 rings (SSSR count). The highest BCUT2D eigenvalue weighted by Gasteiger charge is 2.21. The van der Waals surface area contributed by atoms with Gasteiger partial charge in [0.15, 0.2) is 0 Å². The number of benzene rings is 1. The number of aliphatic hydroxyl groups excluding tert-OH is 1. The van der Waals surface area contributed by atoms with E-state index in [0.717, 1.165) is 5.56 Å². The summed E-state index contributed by atoms with van der Waals surface area (Å²) in [7, 11) is -2.05. The fourth-order valence-corrected chi connectivity index (χ4v) is 3.05. The SMILES string of the molecule is CN(Cc1cccnc1)S(=O)(=O)c1cccc(CO)c1. The largest absolute Gasteiger partial charge is 0.392 e. The smallest absolute Gasteiger partial charge is 0.243 e. The first-order valence-corrected chi connectivity index (χ1v) is 7.53. The highest BCUT2D eigenvalue weighted by molar-refractivity contribution is 7.89. The summed E-state index contributed by atoms with van der Waals surface area (Å²) in [4.78, 5) is 4.14. The van der Waals surface area contributed by atoms with Gasteiger partial charge in [0.2, 0.25) is 10.0 Å². The van der Waals surface area contributed by atoms with E-state index >= 15 is 0 Å². The summed E-state index contributed by atoms with van der Waals surface area (Å²) < 4.78 is 26.1. The van der Waals surface area contributed by atoms with Crippen molar-refractivity contribution in [3.63, 3.8) is 0 Å². The number of sulfonamides is 1. The van der Waals surface area contributed by atoms with Crippen molar-refractivity contribution < 1.29 is 13.5 Å². The molecule has 0 aliphatic rings. The Morgan fingerprint density at radius 3 is 2.60 bits per heavy atom. The van der Waals surface area contributed by atoms with Gasteiger partial charge < -0.3 is 5.11 Å². The quantitative estimate of drug-likeness (QED) is 0.904. The Bertz CT molecular complexity index is 672. The van der Waals surface area contributed by atoms with Crippen molar-refractivity contribution in [1.82, 2.24) is 9.29 Å². The average molecular weight is 292 g/mol. The van der Waals surface area contributed by atoms with Crippen molar-refractivity contribution in [2.24, 2.45) is 0 Å². The highest BCUT2D eigenvalue weighted by Crippen LogP contribution is 2.17. The third-order valence-corrected chi connectivity index (χ3v) is 4.72. The summed E-state index contributed by atoms with van der Waals surface area (Å²) in [6, 6.07) is 9.89. The Balaban J connectivity index is 2.25. The van der Waals surface area contributed by atoms with E-state index in [1.54, 1.807) is 30.6 Å². The minimum Gasteiger partial charge on any atom is -0.392 e. The van der Waals surface area contributed by atoms with Crippen molar-refractivity contribution in [3.8, 4) is 0 Å². The van der Waals surface area contributed by atoms with Gasteiger partial charge in [0.25, 0.3) is 0 Å². The normalized spacial score (nSPS) is 11.8. The Morgan fingerprint density at radius 1 is 1.20 bits per heavy atom. The maximum absolute atomic E-state index is 12.4. The van der Waals surface area contributed by atoms with Crippen LogP contribution in [0.1, 0.15) is 11.1 Å². The fraction of sp³-hybridized carbons (Fsp3) is 0.214. The molecule has 0 aliphatic heterocycles. The maximum atomic E-state index is 12.4. The minimum atomic E-state index is -3.58. The Labute approximate surface area is 118 Å². The zero-order valence-electron chi connectivity index (χ0n) is 11.1. The van der Waals surface area contributed by atoms with Crippen LogP contribution in [0.5, 0.6) is 0 Å². The number of pyridine rings is 1. The summed E-state index contributed by atoms with van der Waals surface area (Å²) in [6.45, 7) is 0.0647. The Morgan fingerprint density at radius 2 is 1.95 bits per heavy atom. The van der Waals surface area contributed by atoms with Gasteiger partial charge in [-0.3, -0.25) is 4.98 Å². The van der Waals surface area contributed by atoms with Crippen LogP contribution >= 0.6 is 0 Å². The molecule has 0 amide bonds. The highest BCUT2D eigenvalue weighted by atomic mass is 32.2. The lowest BCUT2D eigenvalue weighted by atomic mass is 10.2. The number of rotatable bonds is 5. The van der Waals surface area contributed by atoms with Gasteiger partial charge in [0, 0.05) is 26.0 Å². The molecular weight excluding hydrogens is 276 g/mol. The molecule has 0 aliphatic carbocycles. The van der Waals surface area contributed by atoms with E-state index in [1.807, 2.05) is 6.07 Å². The molecule has 0 radical (unpaired) electrons. The summed E-state index contributed by atoms with van der Waals surface area (Å²) in [6.07, 6.45) is 3.28. The van der Waals surface area contributed by atoms with E-state index in [2.05, 4.69) is 4.98 Å². The molecular formula is C14H16N2O3S. The number of aromatic nitrogens is 1. The van der Waals surface area contributed by atoms with Crippen LogP contribution < -0.4 is 0 Å². The molecule has 1 aromatic carbocycles. The zero-order chi connectivity index (χ0) is 14.6. The minimum absolute atomic E-state index is 0.176. The number of hydrogen-bond acceptors (Lipinski definition) is 4. The van der Waals surface area contributed by atoms with Crippen LogP contribution in [0.25, 0.3) is 0 Å². The molecule has 0 saturated heterocycles. The summed E-state index contributed by atoms with van der Waals surface area (Å²) in [5.41, 5.74) is 1.39. The predicted molar refractivity (Wildman–Crippen MR) is 75.3 cm³/mol. The molecule has 1 heterocycles. The second-order valence-corrected chi connectivity index (χ2v) is 6.47. The topological polar surface area (TPSA) is 70.5 Å². The van der Waals surface area contributed by atoms with Gasteiger partial charge in [-0.1, -0.05) is 18.2 Å².